The minimum atomic E-state index is -5.44. The number of nitrogens with one attached hydrogen (secondary N) is 1. The van der Waals surface area contributed by atoms with Crippen LogP contribution in [0, 0.1) is 11.6 Å². The third-order valence-corrected chi connectivity index (χ3v) is 7.09. The number of nitrogens with zero attached hydrogens (tertiary/aromatic N) is 3. The summed E-state index contributed by atoms with van der Waals surface area (Å²) >= 11 is 0. The van der Waals surface area contributed by atoms with Crippen LogP contribution in [0.25, 0.3) is 16.9 Å². The minimum Gasteiger partial charge on any atom is -0.489 e. The van der Waals surface area contributed by atoms with Crippen LogP contribution < -0.4 is 15.8 Å². The van der Waals surface area contributed by atoms with Crippen LogP contribution in [0.4, 0.5) is 26.3 Å². The van der Waals surface area contributed by atoms with Gasteiger partial charge in [0.05, 0.1) is 23.5 Å². The van der Waals surface area contributed by atoms with Gasteiger partial charge in [-0.2, -0.15) is 13.2 Å². The predicted octanol–water partition coefficient (Wildman–Crippen LogP) is 3.46. The van der Waals surface area contributed by atoms with Gasteiger partial charge in [0.15, 0.2) is 11.5 Å². The summed E-state index contributed by atoms with van der Waals surface area (Å²) in [4.78, 5) is 32.8. The molecule has 4 aromatic rings. The van der Waals surface area contributed by atoms with E-state index in [4.69, 9.17) is 10.5 Å². The first kappa shape index (κ1) is 28.9. The number of aliphatic hydroxyl groups is 1. The summed E-state index contributed by atoms with van der Waals surface area (Å²) in [5.74, 6) is -3.91. The number of nitrogens with two attached hydrogens (primary N) is 1. The molecular weight excluding hydrogens is 572 g/mol. The second kappa shape index (κ2) is 10.0. The fraction of sp³-hybridized carbons (Fsp3) is 0.259. The first-order chi connectivity index (χ1) is 19.7. The number of imidazole rings is 1. The van der Waals surface area contributed by atoms with Crippen molar-refractivity contribution in [3.05, 3.63) is 82.9 Å². The zero-order valence-electron chi connectivity index (χ0n) is 21.6. The van der Waals surface area contributed by atoms with Gasteiger partial charge >= 0.3 is 6.18 Å². The zero-order valence-corrected chi connectivity index (χ0v) is 21.6. The average molecular weight is 593 g/mol. The smallest absolute Gasteiger partial charge is 0.424 e. The summed E-state index contributed by atoms with van der Waals surface area (Å²) in [5.41, 5.74) is -2.07. The molecule has 2 atom stereocenters. The highest BCUT2D eigenvalue weighted by atomic mass is 19.4. The fourth-order valence-electron chi connectivity index (χ4n) is 4.55. The number of alkyl halides is 4. The molecule has 0 saturated carbocycles. The van der Waals surface area contributed by atoms with E-state index in [9.17, 15) is 41.0 Å². The molecule has 220 valence electrons. The maximum Gasteiger partial charge on any atom is 0.424 e. The molecule has 5 rings (SSSR count). The lowest BCUT2D eigenvalue weighted by atomic mass is 9.81. The number of hydrogen-bond acceptors (Lipinski definition) is 6. The Balaban J connectivity index is 1.58. The van der Waals surface area contributed by atoms with Crippen molar-refractivity contribution < 1.29 is 45.8 Å². The van der Waals surface area contributed by atoms with Gasteiger partial charge in [0.1, 0.15) is 36.0 Å². The Labute approximate surface area is 232 Å². The first-order valence-electron chi connectivity index (χ1n) is 12.2. The number of fused-ring (bicyclic) bond motifs is 2. The number of pyridine rings is 2. The molecule has 4 N–H and O–H groups in total. The molecule has 1 aliphatic heterocycles. The molecule has 9 nitrogen and oxygen atoms in total. The summed E-state index contributed by atoms with van der Waals surface area (Å²) in [6.07, 6.45) is -3.31. The van der Waals surface area contributed by atoms with Gasteiger partial charge in [0, 0.05) is 23.5 Å². The molecule has 1 aliphatic rings. The lowest BCUT2D eigenvalue weighted by molar-refractivity contribution is -0.265. The Hall–Kier alpha value is -4.66. The highest BCUT2D eigenvalue weighted by Crippen LogP contribution is 2.47. The number of primary amides is 1. The monoisotopic (exact) mass is 593 g/mol. The molecular formula is C27H21F6N5O4. The Morgan fingerprint density at radius 2 is 1.83 bits per heavy atom. The Kier molecular flexibility index (Phi) is 6.88. The number of rotatable bonds is 7. The van der Waals surface area contributed by atoms with Crippen LogP contribution in [0.1, 0.15) is 34.2 Å². The summed E-state index contributed by atoms with van der Waals surface area (Å²) in [5, 5.41) is 13.0. The summed E-state index contributed by atoms with van der Waals surface area (Å²) < 4.78 is 91.2. The van der Waals surface area contributed by atoms with Crippen LogP contribution >= 0.6 is 0 Å². The zero-order chi connectivity index (χ0) is 30.6. The van der Waals surface area contributed by atoms with Gasteiger partial charge in [-0.3, -0.25) is 9.59 Å². The van der Waals surface area contributed by atoms with E-state index in [1.165, 1.54) is 19.1 Å². The van der Waals surface area contributed by atoms with Crippen molar-refractivity contribution in [3.63, 3.8) is 0 Å². The van der Waals surface area contributed by atoms with Gasteiger partial charge in [0.2, 0.25) is 11.5 Å². The van der Waals surface area contributed by atoms with Crippen molar-refractivity contribution >= 4 is 17.5 Å². The van der Waals surface area contributed by atoms with Crippen molar-refractivity contribution in [2.24, 2.45) is 5.73 Å². The van der Waals surface area contributed by atoms with E-state index in [0.717, 1.165) is 35.0 Å². The van der Waals surface area contributed by atoms with Crippen LogP contribution in [-0.2, 0) is 22.5 Å². The molecule has 0 bridgehead atoms. The normalized spacial score (nSPS) is 17.9. The Bertz CT molecular complexity index is 1720. The summed E-state index contributed by atoms with van der Waals surface area (Å²) in [6, 6.07) is 6.00. The van der Waals surface area contributed by atoms with Gasteiger partial charge in [-0.25, -0.2) is 23.1 Å². The number of carbonyl (C=O) groups excluding carboxylic acids is 2. The van der Waals surface area contributed by atoms with Crippen molar-refractivity contribution in [2.45, 2.75) is 30.8 Å². The second-order valence-corrected chi connectivity index (χ2v) is 9.94. The van der Waals surface area contributed by atoms with Crippen LogP contribution in [0.3, 0.4) is 0 Å². The molecule has 0 fully saturated rings. The van der Waals surface area contributed by atoms with E-state index in [1.54, 1.807) is 0 Å². The third-order valence-electron chi connectivity index (χ3n) is 7.09. The number of hydrogen-bond donors (Lipinski definition) is 3. The van der Waals surface area contributed by atoms with E-state index in [1.807, 2.05) is 5.32 Å². The number of amides is 2. The number of carbonyl (C=O) groups is 2. The molecule has 42 heavy (non-hydrogen) atoms. The molecule has 15 heteroatoms. The van der Waals surface area contributed by atoms with Gasteiger partial charge in [0.25, 0.3) is 5.91 Å². The van der Waals surface area contributed by atoms with E-state index in [2.05, 4.69) is 9.97 Å². The van der Waals surface area contributed by atoms with Crippen molar-refractivity contribution in [1.82, 2.24) is 19.7 Å². The molecule has 4 heterocycles. The van der Waals surface area contributed by atoms with E-state index in [-0.39, 0.29) is 40.5 Å². The Morgan fingerprint density at radius 1 is 1.14 bits per heavy atom. The molecule has 1 aromatic carbocycles. The Morgan fingerprint density at radius 3 is 2.45 bits per heavy atom. The lowest BCUT2D eigenvalue weighted by Crippen LogP contribution is -2.51. The average Bonchev–Trinajstić information content (AvgIpc) is 3.53. The van der Waals surface area contributed by atoms with Gasteiger partial charge in [-0.15, -0.1) is 0 Å². The van der Waals surface area contributed by atoms with Crippen LogP contribution in [0.15, 0.2) is 48.8 Å². The first-order valence-corrected chi connectivity index (χ1v) is 12.2. The highest BCUT2D eigenvalue weighted by molar-refractivity contribution is 5.94. The quantitative estimate of drug-likeness (QED) is 0.282. The maximum atomic E-state index is 14.5. The molecule has 0 saturated heterocycles. The van der Waals surface area contributed by atoms with E-state index >= 15 is 0 Å². The number of ether oxygens (including phenoxy) is 1. The molecule has 0 aliphatic carbocycles. The van der Waals surface area contributed by atoms with Gasteiger partial charge < -0.3 is 25.3 Å². The predicted molar refractivity (Wildman–Crippen MR) is 134 cm³/mol. The molecule has 3 aromatic heterocycles. The number of halogens is 6. The topological polar surface area (TPSA) is 132 Å². The summed E-state index contributed by atoms with van der Waals surface area (Å²) in [6.45, 7) is -1.51. The SMILES string of the molecule is C[C@]1(C(N)=O)COc2c1cc(C(O)(CNC(=O)c1cc(F)c3nc(CF)cn3c1)C(F)(F)F)nc2-c1ccc(F)cc1. The lowest BCUT2D eigenvalue weighted by Gasteiger charge is -2.31. The minimum absolute atomic E-state index is 0.0861. The van der Waals surface area contributed by atoms with Crippen molar-refractivity contribution in [3.8, 4) is 17.0 Å². The highest BCUT2D eigenvalue weighted by Gasteiger charge is 2.57. The van der Waals surface area contributed by atoms with E-state index < -0.39 is 65.1 Å². The third kappa shape index (κ3) is 4.68. The molecule has 0 radical (unpaired) electrons. The fourth-order valence-corrected chi connectivity index (χ4v) is 4.55. The number of aromatic nitrogens is 3. The molecule has 1 unspecified atom stereocenters. The van der Waals surface area contributed by atoms with Crippen molar-refractivity contribution in [1.29, 1.82) is 0 Å². The largest absolute Gasteiger partial charge is 0.489 e. The van der Waals surface area contributed by atoms with Gasteiger partial charge in [-0.1, -0.05) is 0 Å². The summed E-state index contributed by atoms with van der Waals surface area (Å²) in [7, 11) is 0. The van der Waals surface area contributed by atoms with E-state index in [0.29, 0.717) is 6.07 Å². The van der Waals surface area contributed by atoms with Gasteiger partial charge in [-0.05, 0) is 43.3 Å². The number of benzene rings is 1. The van der Waals surface area contributed by atoms with Crippen LogP contribution in [0.2, 0.25) is 0 Å². The van der Waals surface area contributed by atoms with Crippen molar-refractivity contribution in [2.75, 3.05) is 13.2 Å². The molecule has 2 amide bonds. The molecule has 0 spiro atoms. The van der Waals surface area contributed by atoms with Crippen LogP contribution in [0.5, 0.6) is 5.75 Å². The van der Waals surface area contributed by atoms with Crippen LogP contribution in [-0.4, -0.2) is 50.6 Å². The standard InChI is InChI=1S/C27H21F6N5O4/c1-25(24(34)40)12-42-21-17(25)7-19(37-20(21)13-2-4-15(29)5-3-13)26(41,27(31,32)33)11-35-23(39)14-6-18(30)22-36-16(8-28)10-38(22)9-14/h2-7,9-10,41H,8,11-12H2,1H3,(H2,34,40)(H,35,39)/t25-,26?/m0/s1. The second-order valence-electron chi connectivity index (χ2n) is 9.94. The maximum absolute atomic E-state index is 14.5.